The maximum Gasteiger partial charge on any atom is 0.248 e. The first-order valence-electron chi connectivity index (χ1n) is 43.1. The summed E-state index contributed by atoms with van der Waals surface area (Å²) >= 11 is 3.28. The lowest BCUT2D eigenvalue weighted by Gasteiger charge is -2.27. The van der Waals surface area contributed by atoms with Crippen molar-refractivity contribution in [3.8, 4) is 33.4 Å². The van der Waals surface area contributed by atoms with Crippen LogP contribution in [0, 0.1) is 70.6 Å². The molecule has 648 valence electrons. The maximum absolute atomic E-state index is 14.2. The second-order valence-corrected chi connectivity index (χ2v) is 36.9. The van der Waals surface area contributed by atoms with Crippen LogP contribution in [-0.2, 0) is 54.8 Å². The largest absolute Gasteiger partial charge is 0.339 e. The molecule has 19 rings (SSSR count). The predicted molar refractivity (Wildman–Crippen MR) is 472 cm³/mol. The van der Waals surface area contributed by atoms with Gasteiger partial charge in [0.05, 0.1) is 35.0 Å². The van der Waals surface area contributed by atoms with Crippen LogP contribution in [0.3, 0.4) is 0 Å². The van der Waals surface area contributed by atoms with Crippen LogP contribution in [-0.4, -0.2) is 183 Å². The molecule has 12 heterocycles. The van der Waals surface area contributed by atoms with Gasteiger partial charge in [0.25, 0.3) is 0 Å². The van der Waals surface area contributed by atoms with Crippen molar-refractivity contribution in [1.82, 2.24) is 94.1 Å². The minimum Gasteiger partial charge on any atom is -0.339 e. The average Bonchev–Trinajstić information content (AvgIpc) is 1.55. The van der Waals surface area contributed by atoms with Gasteiger partial charge in [0.1, 0.15) is 70.9 Å². The zero-order valence-electron chi connectivity index (χ0n) is 72.7. The number of anilines is 2. The van der Waals surface area contributed by atoms with E-state index in [9.17, 15) is 43.2 Å². The molecule has 0 unspecified atom stereocenters. The van der Waals surface area contributed by atoms with E-state index in [1.165, 1.54) is 65.3 Å². The lowest BCUT2D eigenvalue weighted by atomic mass is 9.85. The summed E-state index contributed by atoms with van der Waals surface area (Å²) in [7, 11) is 0. The number of aromatic nitrogens is 16. The summed E-state index contributed by atoms with van der Waals surface area (Å²) in [6.45, 7) is 21.6. The van der Waals surface area contributed by atoms with Gasteiger partial charge < -0.3 is 29.9 Å². The number of nitrogens with zero attached hydrogens (tertiary/aromatic N) is 19. The second kappa shape index (κ2) is 34.0. The van der Waals surface area contributed by atoms with E-state index in [4.69, 9.17) is 4.52 Å². The summed E-state index contributed by atoms with van der Waals surface area (Å²) in [5.41, 5.74) is 11.4. The number of hydrogen-bond donors (Lipinski definition) is 2. The molecule has 9 atom stereocenters. The van der Waals surface area contributed by atoms with Crippen molar-refractivity contribution in [1.29, 1.82) is 0 Å². The summed E-state index contributed by atoms with van der Waals surface area (Å²) in [6.07, 6.45) is 27.3. The Morgan fingerprint density at radius 3 is 1.57 bits per heavy atom. The van der Waals surface area contributed by atoms with Crippen LogP contribution < -0.4 is 10.6 Å². The minimum atomic E-state index is -0.778. The van der Waals surface area contributed by atoms with E-state index in [-0.39, 0.29) is 124 Å². The van der Waals surface area contributed by atoms with Crippen LogP contribution in [0.1, 0.15) is 202 Å². The average molecular weight is 1760 g/mol. The number of halogens is 1. The number of hydrogen-bond acceptors (Lipinski definition) is 23. The Labute approximate surface area is 735 Å². The number of piperidine rings is 3. The van der Waals surface area contributed by atoms with Crippen molar-refractivity contribution in [2.75, 3.05) is 10.6 Å². The Morgan fingerprint density at radius 1 is 0.484 bits per heavy atom. The molecule has 5 amide bonds. The minimum absolute atomic E-state index is 0.00996. The van der Waals surface area contributed by atoms with Crippen molar-refractivity contribution in [3.63, 3.8) is 0 Å². The van der Waals surface area contributed by atoms with Gasteiger partial charge in [0.15, 0.2) is 34.8 Å². The Kier molecular flexibility index (Phi) is 23.0. The number of pyridine rings is 2. The fourth-order valence-electron chi connectivity index (χ4n) is 19.9. The SMILES string of the molecule is CC(=O)c1nn(CC(=O)N2[C@H](C(=O)CCCC3CCCCC3)C[C@@]3(C)C[C@@H]23)c2c(C)cc(-c3cnc(C)nc3)cc12.CC(=O)c1nn(CC(=O)N2[C@H](C(=O)Nc3cncc(Br)n3)C[C@@]3(Cc4nc(C)no4)C[C@@H]23)c2c(C)cc(-c3cnc(C)nc3)cc12.CC(=O)c1nn(CC(=O)N2[C@H](C(=O)Nc3nc(C)ccc3C)C[C@@]3(C)C[C@@H]23)c2ccc(-c3ccncc3)cc12. The molecule has 4 saturated carbocycles. The van der Waals surface area contributed by atoms with Gasteiger partial charge in [-0.2, -0.15) is 20.3 Å². The summed E-state index contributed by atoms with van der Waals surface area (Å²) in [4.78, 5) is 164. The fourth-order valence-corrected chi connectivity index (χ4v) is 20.2. The topological polar surface area (TPSA) is 383 Å². The standard InChI is InChI=1S/C33H41N5O3.C31H29BrN10O4.C30H30N6O3/c1-20-13-24(25-17-34-22(3)35-18-25)14-26-31(21(2)39)36-37(32(20)26)19-30(41)38-27(15-33(4)16-29(33)38)28(40)12-8-11-23-9-6-5-7-10-23;1-15-5-19(20-10-34-17(3)35-11-20)6-21-28(16(2)43)39-41(29(15)21)14-27(44)42-22(30(45)38-25-13-33-12-24(32)37-25)7-31(8-23(31)42)9-26-36-18(4)40-46-26;1-17-5-6-18(2)32-28(17)33-29(39)24-14-30(4)15-25(30)36(24)26(38)16-35-23-8-7-21(20-9-11-31-12-10-20)13-22(23)27(34-35)19(3)37/h13-14,17-18,23,27,29H,5-12,15-16,19H2,1-4H3;5-6,10-13,22-23H,7-9,14H2,1-4H3,(H,37,38,45);5-13,24-25H,14-16H2,1-4H3,(H,32,33,39)/t27-,29+,33-;22-,23+,31-;24-,25+,30-/m000/s1. The van der Waals surface area contributed by atoms with Gasteiger partial charge in [-0.1, -0.05) is 69.7 Å². The molecule has 3 aromatic carbocycles. The summed E-state index contributed by atoms with van der Waals surface area (Å²) in [5.74, 6) is 2.39. The van der Waals surface area contributed by atoms with Crippen molar-refractivity contribution >= 4 is 113 Å². The first-order chi connectivity index (χ1) is 60.3. The predicted octanol–water partition coefficient (Wildman–Crippen LogP) is 14.1. The van der Waals surface area contributed by atoms with Gasteiger partial charge in [-0.15, -0.1) is 0 Å². The van der Waals surface area contributed by atoms with Crippen molar-refractivity contribution < 1.29 is 47.7 Å². The van der Waals surface area contributed by atoms with Gasteiger partial charge in [-0.05, 0) is 220 Å². The second-order valence-electron chi connectivity index (χ2n) is 36.1. The summed E-state index contributed by atoms with van der Waals surface area (Å²) in [6, 6.07) is 19.4. The highest BCUT2D eigenvalue weighted by Crippen LogP contribution is 2.63. The highest BCUT2D eigenvalue weighted by Gasteiger charge is 2.68. The number of nitrogens with one attached hydrogen (secondary N) is 2. The molecule has 2 N–H and O–H groups in total. The smallest absolute Gasteiger partial charge is 0.248 e. The van der Waals surface area contributed by atoms with Gasteiger partial charge in [0, 0.05) is 127 Å². The third-order valence-electron chi connectivity index (χ3n) is 26.6. The molecule has 12 aromatic rings. The molecular weight excluding hydrogens is 1660 g/mol. The summed E-state index contributed by atoms with van der Waals surface area (Å²) in [5, 5.41) is 25.5. The van der Waals surface area contributed by atoms with Crippen molar-refractivity contribution in [2.45, 2.75) is 235 Å². The number of Topliss-reactive ketones (excluding diaryl/α,β-unsaturated/α-hetero) is 4. The van der Waals surface area contributed by atoms with E-state index < -0.39 is 12.1 Å². The van der Waals surface area contributed by atoms with E-state index in [2.05, 4.69) is 106 Å². The molecule has 4 aliphatic carbocycles. The zero-order valence-corrected chi connectivity index (χ0v) is 74.3. The van der Waals surface area contributed by atoms with Gasteiger partial charge in [0.2, 0.25) is 35.4 Å². The van der Waals surface area contributed by atoms with Crippen LogP contribution in [0.25, 0.3) is 66.1 Å². The Morgan fingerprint density at radius 2 is 1.01 bits per heavy atom. The van der Waals surface area contributed by atoms with Gasteiger partial charge >= 0.3 is 0 Å². The third kappa shape index (κ3) is 17.1. The number of rotatable bonds is 23. The zero-order chi connectivity index (χ0) is 88.7. The quantitative estimate of drug-likeness (QED) is 0.0562. The number of ketones is 4. The molecule has 7 aliphatic rings. The molecule has 3 aliphatic heterocycles. The molecule has 32 heteroatoms. The highest BCUT2D eigenvalue weighted by molar-refractivity contribution is 9.10. The number of fused-ring (bicyclic) bond motifs is 6. The number of aryl methyl sites for hydroxylation is 7. The van der Waals surface area contributed by atoms with Crippen molar-refractivity contribution in [2.24, 2.45) is 22.2 Å². The molecule has 9 aromatic heterocycles. The molecule has 3 saturated heterocycles. The van der Waals surface area contributed by atoms with Crippen molar-refractivity contribution in [3.05, 3.63) is 184 Å². The number of carbonyl (C=O) groups is 9. The molecule has 0 radical (unpaired) electrons. The lowest BCUT2D eigenvalue weighted by Crippen LogP contribution is -2.47. The normalized spacial score (nSPS) is 21.9. The molecule has 126 heavy (non-hydrogen) atoms. The Hall–Kier alpha value is -12.7. The summed E-state index contributed by atoms with van der Waals surface area (Å²) < 4.78 is 10.7. The fraction of sp³-hybridized carbons (Fsp3) is 0.426. The molecule has 7 fully saturated rings. The molecular formula is C94H100BrN21O10. The van der Waals surface area contributed by atoms with E-state index in [1.54, 1.807) is 68.0 Å². The van der Waals surface area contributed by atoms with E-state index in [0.717, 1.165) is 99.3 Å². The number of benzene rings is 3. The maximum atomic E-state index is 14.2. The first kappa shape index (κ1) is 85.4. The van der Waals surface area contributed by atoms with Crippen LogP contribution in [0.2, 0.25) is 0 Å². The molecule has 31 nitrogen and oxygen atoms in total. The van der Waals surface area contributed by atoms with Crippen LogP contribution in [0.5, 0.6) is 0 Å². The van der Waals surface area contributed by atoms with E-state index >= 15 is 0 Å². The first-order valence-corrected chi connectivity index (χ1v) is 43.9. The van der Waals surface area contributed by atoms with Crippen LogP contribution in [0.4, 0.5) is 11.6 Å². The molecule has 0 spiro atoms. The van der Waals surface area contributed by atoms with E-state index in [1.807, 2.05) is 113 Å². The number of carbonyl (C=O) groups excluding carboxylic acids is 9. The highest BCUT2D eigenvalue weighted by atomic mass is 79.9. The third-order valence-corrected chi connectivity index (χ3v) is 27.0. The van der Waals surface area contributed by atoms with Crippen LogP contribution in [0.15, 0.2) is 125 Å². The molecule has 0 bridgehead atoms. The van der Waals surface area contributed by atoms with E-state index in [0.29, 0.717) is 104 Å². The van der Waals surface area contributed by atoms with Gasteiger partial charge in [-0.25, -0.2) is 29.9 Å². The Balaban J connectivity index is 0.000000134. The lowest BCUT2D eigenvalue weighted by molar-refractivity contribution is -0.139. The monoisotopic (exact) mass is 1760 g/mol. The number of likely N-dealkylation sites (tertiary alicyclic amines) is 3. The number of amides is 5. The van der Waals surface area contributed by atoms with Crippen LogP contribution >= 0.6 is 15.9 Å². The Bertz CT molecular complexity index is 6400. The van der Waals surface area contributed by atoms with Gasteiger partial charge in [-0.3, -0.25) is 67.2 Å².